The van der Waals surface area contributed by atoms with Gasteiger partial charge in [-0.05, 0) is 127 Å². The maximum atomic E-state index is 2.43. The zero-order valence-corrected chi connectivity index (χ0v) is 34.2. The van der Waals surface area contributed by atoms with Gasteiger partial charge in [-0.15, -0.1) is 0 Å². The Bertz CT molecular complexity index is 3500. The van der Waals surface area contributed by atoms with Gasteiger partial charge >= 0.3 is 0 Å². The van der Waals surface area contributed by atoms with Crippen molar-refractivity contribution in [3.8, 4) is 39.1 Å². The molecule has 0 fully saturated rings. The molecule has 1 aromatic heterocycles. The lowest BCUT2D eigenvalue weighted by molar-refractivity contribution is 0.660. The summed E-state index contributed by atoms with van der Waals surface area (Å²) in [5, 5.41) is 7.60. The molecule has 0 amide bonds. The first-order valence-electron chi connectivity index (χ1n) is 21.3. The van der Waals surface area contributed by atoms with Gasteiger partial charge in [0.15, 0.2) is 0 Å². The van der Waals surface area contributed by atoms with E-state index in [0.29, 0.717) is 0 Å². The van der Waals surface area contributed by atoms with Crippen molar-refractivity contribution in [1.82, 2.24) is 4.57 Å². The van der Waals surface area contributed by atoms with Gasteiger partial charge in [-0.3, -0.25) is 0 Å². The Labute approximate surface area is 356 Å². The zero-order chi connectivity index (χ0) is 40.7. The summed E-state index contributed by atoms with van der Waals surface area (Å²) in [5.41, 5.74) is 17.0. The van der Waals surface area contributed by atoms with Crippen LogP contribution in [-0.4, -0.2) is 4.57 Å². The van der Waals surface area contributed by atoms with Crippen molar-refractivity contribution in [2.45, 2.75) is 19.3 Å². The van der Waals surface area contributed by atoms with Crippen LogP contribution in [-0.2, 0) is 5.41 Å². The fraction of sp³-hybridized carbons (Fsp3) is 0.0508. The lowest BCUT2D eigenvalue weighted by Crippen LogP contribution is -2.16. The van der Waals surface area contributed by atoms with E-state index in [9.17, 15) is 0 Å². The van der Waals surface area contributed by atoms with Crippen LogP contribution in [0, 0.1) is 0 Å². The van der Waals surface area contributed by atoms with Crippen LogP contribution in [0.3, 0.4) is 0 Å². The second-order valence-corrected chi connectivity index (χ2v) is 16.9. The first kappa shape index (κ1) is 35.3. The molecule has 1 aliphatic rings. The summed E-state index contributed by atoms with van der Waals surface area (Å²) in [5.74, 6) is 0. The molecule has 2 heteroatoms. The van der Waals surface area contributed by atoms with Gasteiger partial charge in [-0.2, -0.15) is 0 Å². The molecule has 0 N–H and O–H groups in total. The molecule has 0 saturated heterocycles. The highest BCUT2D eigenvalue weighted by atomic mass is 15.1. The predicted molar refractivity (Wildman–Crippen MR) is 259 cm³/mol. The minimum absolute atomic E-state index is 0.121. The van der Waals surface area contributed by atoms with Gasteiger partial charge in [0.1, 0.15) is 0 Å². The molecule has 10 aromatic carbocycles. The molecule has 0 saturated carbocycles. The van der Waals surface area contributed by atoms with E-state index in [-0.39, 0.29) is 5.41 Å². The van der Waals surface area contributed by atoms with Crippen molar-refractivity contribution >= 4 is 60.4 Å². The van der Waals surface area contributed by atoms with Gasteiger partial charge < -0.3 is 9.47 Å². The smallest absolute Gasteiger partial charge is 0.0547 e. The highest BCUT2D eigenvalue weighted by Gasteiger charge is 2.35. The van der Waals surface area contributed by atoms with Gasteiger partial charge in [0, 0.05) is 38.9 Å². The zero-order valence-electron chi connectivity index (χ0n) is 34.2. The summed E-state index contributed by atoms with van der Waals surface area (Å²) in [7, 11) is 0. The summed E-state index contributed by atoms with van der Waals surface area (Å²) in [6.45, 7) is 4.72. The first-order valence-corrected chi connectivity index (χ1v) is 21.3. The number of rotatable bonds is 6. The number of hydrogen-bond acceptors (Lipinski definition) is 1. The van der Waals surface area contributed by atoms with E-state index in [1.807, 2.05) is 0 Å². The number of fused-ring (bicyclic) bond motifs is 9. The van der Waals surface area contributed by atoms with Crippen molar-refractivity contribution in [1.29, 1.82) is 0 Å². The van der Waals surface area contributed by atoms with E-state index in [0.717, 1.165) is 22.7 Å². The molecule has 0 aliphatic heterocycles. The average molecular weight is 779 g/mol. The van der Waals surface area contributed by atoms with Gasteiger partial charge in [-0.25, -0.2) is 0 Å². The minimum atomic E-state index is -0.121. The number of aromatic nitrogens is 1. The van der Waals surface area contributed by atoms with Crippen LogP contribution in [0.4, 0.5) is 17.1 Å². The summed E-state index contributed by atoms with van der Waals surface area (Å²) < 4.78 is 2.40. The second-order valence-electron chi connectivity index (χ2n) is 16.9. The van der Waals surface area contributed by atoms with Gasteiger partial charge in [0.2, 0.25) is 0 Å². The molecule has 288 valence electrons. The van der Waals surface area contributed by atoms with E-state index in [2.05, 4.69) is 242 Å². The van der Waals surface area contributed by atoms with Crippen LogP contribution in [0.1, 0.15) is 25.0 Å². The predicted octanol–water partition coefficient (Wildman–Crippen LogP) is 16.2. The number of hydrogen-bond donors (Lipinski definition) is 0. The monoisotopic (exact) mass is 778 g/mol. The van der Waals surface area contributed by atoms with Crippen molar-refractivity contribution < 1.29 is 0 Å². The molecular formula is C59H42N2. The maximum absolute atomic E-state index is 2.43. The van der Waals surface area contributed by atoms with Crippen LogP contribution in [0.5, 0.6) is 0 Å². The molecule has 61 heavy (non-hydrogen) atoms. The first-order chi connectivity index (χ1) is 30.0. The number of benzene rings is 10. The molecule has 1 heterocycles. The highest BCUT2D eigenvalue weighted by molar-refractivity contribution is 6.12. The largest absolute Gasteiger partial charge is 0.310 e. The fourth-order valence-electron chi connectivity index (χ4n) is 10.2. The molecule has 12 rings (SSSR count). The van der Waals surface area contributed by atoms with E-state index >= 15 is 0 Å². The number of para-hydroxylation sites is 2. The number of anilines is 3. The standard InChI is InChI=1S/C59H42N2/c1-59(2)55-24-10-8-20-51(55)52-35-32-46(38-56(52)59)60(44-30-26-40(27-31-44)48-22-13-23-49-47-19-7-6-14-39(47)28-33-50(48)49)45-18-12-15-41(36-45)42-29-34-54-53-21-9-11-25-57(53)61(58(54)37-42)43-16-4-3-5-17-43/h3-38H,1-2H3. The Hall–Kier alpha value is -7.68. The van der Waals surface area contributed by atoms with E-state index in [1.165, 1.54) is 87.9 Å². The molecule has 0 spiro atoms. The Morgan fingerprint density at radius 1 is 0.344 bits per heavy atom. The Morgan fingerprint density at radius 3 is 1.85 bits per heavy atom. The summed E-state index contributed by atoms with van der Waals surface area (Å²) in [6.07, 6.45) is 0. The molecule has 1 aliphatic carbocycles. The quantitative estimate of drug-likeness (QED) is 0.153. The van der Waals surface area contributed by atoms with E-state index in [1.54, 1.807) is 0 Å². The van der Waals surface area contributed by atoms with Crippen LogP contribution >= 0.6 is 0 Å². The molecule has 0 radical (unpaired) electrons. The van der Waals surface area contributed by atoms with Crippen LogP contribution < -0.4 is 4.90 Å². The second kappa shape index (κ2) is 13.7. The SMILES string of the molecule is CC1(C)c2ccccc2-c2ccc(N(c3ccc(-c4cccc5c4ccc4ccccc45)cc3)c3cccc(-c4ccc5c6ccccc6n(-c6ccccc6)c5c4)c3)cc21. The summed E-state index contributed by atoms with van der Waals surface area (Å²) in [4.78, 5) is 2.43. The molecule has 0 bridgehead atoms. The Balaban J connectivity index is 1.01. The normalized spacial score (nSPS) is 12.9. The minimum Gasteiger partial charge on any atom is -0.310 e. The Kier molecular flexibility index (Phi) is 7.92. The third-order valence-electron chi connectivity index (χ3n) is 13.2. The third-order valence-corrected chi connectivity index (χ3v) is 13.2. The molecule has 0 unspecified atom stereocenters. The molecule has 2 nitrogen and oxygen atoms in total. The van der Waals surface area contributed by atoms with Crippen molar-refractivity contribution in [3.05, 3.63) is 230 Å². The fourth-order valence-corrected chi connectivity index (χ4v) is 10.2. The Morgan fingerprint density at radius 2 is 0.967 bits per heavy atom. The summed E-state index contributed by atoms with van der Waals surface area (Å²) >= 11 is 0. The average Bonchev–Trinajstić information content (AvgIpc) is 3.77. The lowest BCUT2D eigenvalue weighted by Gasteiger charge is -2.28. The van der Waals surface area contributed by atoms with Crippen molar-refractivity contribution in [2.24, 2.45) is 0 Å². The third kappa shape index (κ3) is 5.56. The van der Waals surface area contributed by atoms with E-state index in [4.69, 9.17) is 0 Å². The molecular weight excluding hydrogens is 737 g/mol. The molecule has 0 atom stereocenters. The van der Waals surface area contributed by atoms with Gasteiger partial charge in [0.25, 0.3) is 0 Å². The van der Waals surface area contributed by atoms with E-state index < -0.39 is 0 Å². The van der Waals surface area contributed by atoms with Crippen LogP contribution in [0.25, 0.3) is 82.4 Å². The molecule has 11 aromatic rings. The van der Waals surface area contributed by atoms with Crippen molar-refractivity contribution in [2.75, 3.05) is 4.90 Å². The number of nitrogens with zero attached hydrogens (tertiary/aromatic N) is 2. The van der Waals surface area contributed by atoms with Crippen LogP contribution in [0.15, 0.2) is 218 Å². The highest BCUT2D eigenvalue weighted by Crippen LogP contribution is 2.51. The lowest BCUT2D eigenvalue weighted by atomic mass is 9.82. The topological polar surface area (TPSA) is 8.17 Å². The maximum Gasteiger partial charge on any atom is 0.0547 e. The van der Waals surface area contributed by atoms with Gasteiger partial charge in [-0.1, -0.05) is 172 Å². The summed E-state index contributed by atoms with van der Waals surface area (Å²) in [6, 6.07) is 80.4. The van der Waals surface area contributed by atoms with Crippen molar-refractivity contribution in [3.63, 3.8) is 0 Å². The van der Waals surface area contributed by atoms with Crippen LogP contribution in [0.2, 0.25) is 0 Å². The van der Waals surface area contributed by atoms with Gasteiger partial charge in [0.05, 0.1) is 11.0 Å².